The van der Waals surface area contributed by atoms with Crippen molar-refractivity contribution in [1.82, 2.24) is 10.2 Å². The van der Waals surface area contributed by atoms with Gasteiger partial charge in [-0.15, -0.1) is 0 Å². The molecule has 0 aliphatic carbocycles. The van der Waals surface area contributed by atoms with E-state index in [-0.39, 0.29) is 0 Å². The lowest BCUT2D eigenvalue weighted by molar-refractivity contribution is 0.195. The highest BCUT2D eigenvalue weighted by molar-refractivity contribution is 5.77. The van der Waals surface area contributed by atoms with Crippen molar-refractivity contribution in [3.05, 3.63) is 0 Å². The quantitative estimate of drug-likeness (QED) is 0.386. The molecule has 0 saturated carbocycles. The second-order valence-corrected chi connectivity index (χ2v) is 4.42. The number of likely N-dealkylation sites (tertiary alicyclic amines) is 1. The van der Waals surface area contributed by atoms with Gasteiger partial charge in [0.15, 0.2) is 5.96 Å². The highest BCUT2D eigenvalue weighted by Crippen LogP contribution is 2.16. The molecule has 100 valence electrons. The Bertz CT molecular complexity index is 233. The fourth-order valence-electron chi connectivity index (χ4n) is 2.21. The molecule has 0 aromatic heterocycles. The van der Waals surface area contributed by atoms with E-state index in [9.17, 15) is 0 Å². The number of nitrogens with zero attached hydrogens (tertiary/aromatic N) is 2. The number of ether oxygens (including phenoxy) is 1. The molecular formula is C12H26N4O. The van der Waals surface area contributed by atoms with Gasteiger partial charge in [-0.05, 0) is 32.4 Å². The fourth-order valence-corrected chi connectivity index (χ4v) is 2.21. The summed E-state index contributed by atoms with van der Waals surface area (Å²) in [6.07, 6.45) is 3.49. The predicted molar refractivity (Wildman–Crippen MR) is 71.3 cm³/mol. The summed E-state index contributed by atoms with van der Waals surface area (Å²) in [5.74, 6) is 0.559. The number of hydrogen-bond donors (Lipinski definition) is 2. The average molecular weight is 242 g/mol. The van der Waals surface area contributed by atoms with Crippen LogP contribution in [0.1, 0.15) is 26.2 Å². The molecule has 5 nitrogen and oxygen atoms in total. The monoisotopic (exact) mass is 242 g/mol. The fraction of sp³-hybridized carbons (Fsp3) is 0.917. The maximum absolute atomic E-state index is 5.80. The zero-order valence-electron chi connectivity index (χ0n) is 11.1. The highest BCUT2D eigenvalue weighted by Gasteiger charge is 2.22. The van der Waals surface area contributed by atoms with Gasteiger partial charge in [-0.25, -0.2) is 0 Å². The number of aliphatic imine (C=N–C) groups is 1. The molecule has 0 aromatic carbocycles. The molecule has 1 rings (SSSR count). The van der Waals surface area contributed by atoms with Crippen LogP contribution in [-0.2, 0) is 4.74 Å². The highest BCUT2D eigenvalue weighted by atomic mass is 16.5. The summed E-state index contributed by atoms with van der Waals surface area (Å²) in [5.41, 5.74) is 5.80. The Labute approximate surface area is 104 Å². The molecule has 0 spiro atoms. The second-order valence-electron chi connectivity index (χ2n) is 4.42. The predicted octanol–water partition coefficient (Wildman–Crippen LogP) is 0.412. The molecule has 1 aliphatic heterocycles. The van der Waals surface area contributed by atoms with Crippen LogP contribution in [0, 0.1) is 0 Å². The summed E-state index contributed by atoms with van der Waals surface area (Å²) in [6, 6.07) is 0.583. The van der Waals surface area contributed by atoms with Gasteiger partial charge in [0.1, 0.15) is 0 Å². The molecule has 5 heteroatoms. The summed E-state index contributed by atoms with van der Waals surface area (Å²) in [7, 11) is 1.71. The minimum absolute atomic E-state index is 0.559. The third-order valence-corrected chi connectivity index (χ3v) is 3.21. The van der Waals surface area contributed by atoms with Crippen molar-refractivity contribution in [2.45, 2.75) is 32.2 Å². The van der Waals surface area contributed by atoms with Crippen LogP contribution in [0.5, 0.6) is 0 Å². The average Bonchev–Trinajstić information content (AvgIpc) is 2.79. The molecule has 1 heterocycles. The van der Waals surface area contributed by atoms with Crippen LogP contribution in [0.2, 0.25) is 0 Å². The van der Waals surface area contributed by atoms with Crippen LogP contribution in [0.4, 0.5) is 0 Å². The van der Waals surface area contributed by atoms with Crippen molar-refractivity contribution in [3.63, 3.8) is 0 Å². The van der Waals surface area contributed by atoms with Crippen LogP contribution in [-0.4, -0.2) is 56.8 Å². The van der Waals surface area contributed by atoms with E-state index in [1.165, 1.54) is 19.4 Å². The van der Waals surface area contributed by atoms with Crippen molar-refractivity contribution in [2.24, 2.45) is 10.7 Å². The second kappa shape index (κ2) is 8.31. The Balaban J connectivity index is 2.17. The Morgan fingerprint density at radius 2 is 2.41 bits per heavy atom. The van der Waals surface area contributed by atoms with E-state index in [2.05, 4.69) is 22.1 Å². The van der Waals surface area contributed by atoms with Crippen molar-refractivity contribution in [2.75, 3.05) is 39.9 Å². The lowest BCUT2D eigenvalue weighted by atomic mass is 10.2. The number of nitrogens with one attached hydrogen (secondary N) is 1. The van der Waals surface area contributed by atoms with Crippen molar-refractivity contribution in [3.8, 4) is 0 Å². The summed E-state index contributed by atoms with van der Waals surface area (Å²) in [5, 5.41) is 3.10. The molecular weight excluding hydrogens is 216 g/mol. The normalized spacial score (nSPS) is 22.0. The van der Waals surface area contributed by atoms with Gasteiger partial charge in [0, 0.05) is 26.3 Å². The largest absolute Gasteiger partial charge is 0.385 e. The van der Waals surface area contributed by atoms with Gasteiger partial charge in [0.05, 0.1) is 6.54 Å². The van der Waals surface area contributed by atoms with Gasteiger partial charge < -0.3 is 15.8 Å². The maximum Gasteiger partial charge on any atom is 0.188 e. The Hall–Kier alpha value is -0.810. The third-order valence-electron chi connectivity index (χ3n) is 3.21. The molecule has 1 fully saturated rings. The number of methoxy groups -OCH3 is 1. The van der Waals surface area contributed by atoms with E-state index in [0.717, 1.165) is 32.7 Å². The molecule has 0 radical (unpaired) electrons. The molecule has 3 N–H and O–H groups in total. The molecule has 1 saturated heterocycles. The lowest BCUT2D eigenvalue weighted by Crippen LogP contribution is -2.36. The lowest BCUT2D eigenvalue weighted by Gasteiger charge is -2.20. The Morgan fingerprint density at radius 1 is 1.59 bits per heavy atom. The van der Waals surface area contributed by atoms with Crippen molar-refractivity contribution < 1.29 is 4.74 Å². The maximum atomic E-state index is 5.80. The molecule has 17 heavy (non-hydrogen) atoms. The zero-order valence-corrected chi connectivity index (χ0v) is 11.1. The van der Waals surface area contributed by atoms with E-state index in [4.69, 9.17) is 10.5 Å². The molecule has 0 aromatic rings. The third kappa shape index (κ3) is 5.37. The number of guanidine groups is 1. The van der Waals surface area contributed by atoms with E-state index in [0.29, 0.717) is 12.0 Å². The van der Waals surface area contributed by atoms with E-state index in [1.54, 1.807) is 7.11 Å². The minimum atomic E-state index is 0.559. The van der Waals surface area contributed by atoms with E-state index >= 15 is 0 Å². The van der Waals surface area contributed by atoms with Gasteiger partial charge in [-0.1, -0.05) is 6.92 Å². The first-order valence-electron chi connectivity index (χ1n) is 6.54. The van der Waals surface area contributed by atoms with Crippen molar-refractivity contribution >= 4 is 5.96 Å². The summed E-state index contributed by atoms with van der Waals surface area (Å²) < 4.78 is 4.97. The van der Waals surface area contributed by atoms with Crippen LogP contribution in [0.15, 0.2) is 4.99 Å². The van der Waals surface area contributed by atoms with Gasteiger partial charge in [-0.3, -0.25) is 9.89 Å². The molecule has 0 bridgehead atoms. The summed E-state index contributed by atoms with van der Waals surface area (Å²) >= 11 is 0. The zero-order chi connectivity index (χ0) is 12.5. The standard InChI is InChI=1S/C12H26N4O/c1-3-16-8-4-6-11(16)10-15-12(13)14-7-5-9-17-2/h11H,3-10H2,1-2H3,(H3,13,14,15)/t11-/m0/s1. The smallest absolute Gasteiger partial charge is 0.188 e. The van der Waals surface area contributed by atoms with Crippen LogP contribution < -0.4 is 11.1 Å². The first-order valence-corrected chi connectivity index (χ1v) is 6.54. The van der Waals surface area contributed by atoms with Crippen molar-refractivity contribution in [1.29, 1.82) is 0 Å². The Kier molecular flexibility index (Phi) is 6.96. The van der Waals surface area contributed by atoms with Crippen LogP contribution in [0.25, 0.3) is 0 Å². The molecule has 0 unspecified atom stereocenters. The number of nitrogens with two attached hydrogens (primary N) is 1. The summed E-state index contributed by atoms with van der Waals surface area (Å²) in [6.45, 7) is 6.92. The topological polar surface area (TPSA) is 62.9 Å². The molecule has 1 aliphatic rings. The van der Waals surface area contributed by atoms with Gasteiger partial charge >= 0.3 is 0 Å². The summed E-state index contributed by atoms with van der Waals surface area (Å²) in [4.78, 5) is 6.88. The van der Waals surface area contributed by atoms with Crippen LogP contribution in [0.3, 0.4) is 0 Å². The molecule has 1 atom stereocenters. The minimum Gasteiger partial charge on any atom is -0.385 e. The first kappa shape index (κ1) is 14.3. The van der Waals surface area contributed by atoms with E-state index in [1.807, 2.05) is 0 Å². The number of hydrogen-bond acceptors (Lipinski definition) is 3. The van der Waals surface area contributed by atoms with Gasteiger partial charge in [0.25, 0.3) is 0 Å². The molecule has 0 amide bonds. The first-order chi connectivity index (χ1) is 8.27. The van der Waals surface area contributed by atoms with E-state index < -0.39 is 0 Å². The SMILES string of the molecule is CCN1CCC[C@H]1CN=C(N)NCCCOC. The van der Waals surface area contributed by atoms with Gasteiger partial charge in [0.2, 0.25) is 0 Å². The number of rotatable bonds is 7. The number of likely N-dealkylation sites (N-methyl/N-ethyl adjacent to an activating group) is 1. The Morgan fingerprint density at radius 3 is 3.12 bits per heavy atom. The van der Waals surface area contributed by atoms with Gasteiger partial charge in [-0.2, -0.15) is 0 Å². The van der Waals surface area contributed by atoms with Crippen LogP contribution >= 0.6 is 0 Å².